The topological polar surface area (TPSA) is 71.0 Å². The van der Waals surface area contributed by atoms with Crippen LogP contribution in [0.1, 0.15) is 12.5 Å². The second-order valence-electron chi connectivity index (χ2n) is 3.71. The van der Waals surface area contributed by atoms with E-state index in [1.807, 2.05) is 19.1 Å². The fourth-order valence-electron chi connectivity index (χ4n) is 1.52. The summed E-state index contributed by atoms with van der Waals surface area (Å²) in [6, 6.07) is 5.44. The molecule has 0 aliphatic heterocycles. The molecule has 3 N–H and O–H groups in total. The van der Waals surface area contributed by atoms with Gasteiger partial charge in [-0.25, -0.2) is 0 Å². The first-order valence-corrected chi connectivity index (χ1v) is 6.12. The number of ether oxygens (including phenoxy) is 2. The van der Waals surface area contributed by atoms with Crippen LogP contribution in [0.2, 0.25) is 0 Å². The van der Waals surface area contributed by atoms with E-state index in [0.29, 0.717) is 38.7 Å². The Labute approximate surface area is 107 Å². The SMILES string of the molecule is CCOc1cccc(CNCCOCCO)c1O. The summed E-state index contributed by atoms with van der Waals surface area (Å²) in [5.74, 6) is 0.691. The Morgan fingerprint density at radius 1 is 1.28 bits per heavy atom. The van der Waals surface area contributed by atoms with E-state index in [2.05, 4.69) is 5.32 Å². The van der Waals surface area contributed by atoms with Gasteiger partial charge in [0.1, 0.15) is 0 Å². The van der Waals surface area contributed by atoms with Gasteiger partial charge in [0.15, 0.2) is 11.5 Å². The number of para-hydroxylation sites is 1. The van der Waals surface area contributed by atoms with Crippen LogP contribution in [0.15, 0.2) is 18.2 Å². The number of benzene rings is 1. The van der Waals surface area contributed by atoms with Gasteiger partial charge in [-0.05, 0) is 13.0 Å². The molecule has 0 atom stereocenters. The van der Waals surface area contributed by atoms with E-state index < -0.39 is 0 Å². The Kier molecular flexibility index (Phi) is 7.17. The summed E-state index contributed by atoms with van der Waals surface area (Å²) >= 11 is 0. The second kappa shape index (κ2) is 8.74. The average Bonchev–Trinajstić information content (AvgIpc) is 2.38. The molecular weight excluding hydrogens is 234 g/mol. The largest absolute Gasteiger partial charge is 0.504 e. The smallest absolute Gasteiger partial charge is 0.162 e. The lowest BCUT2D eigenvalue weighted by molar-refractivity contribution is 0.0937. The number of hydrogen-bond donors (Lipinski definition) is 3. The molecule has 18 heavy (non-hydrogen) atoms. The van der Waals surface area contributed by atoms with Gasteiger partial charge in [0.25, 0.3) is 0 Å². The van der Waals surface area contributed by atoms with Crippen LogP contribution in [0.4, 0.5) is 0 Å². The van der Waals surface area contributed by atoms with Gasteiger partial charge in [-0.3, -0.25) is 0 Å². The molecule has 0 amide bonds. The summed E-state index contributed by atoms with van der Waals surface area (Å²) in [5, 5.41) is 21.6. The molecule has 0 fully saturated rings. The first kappa shape index (κ1) is 14.8. The third-order valence-corrected chi connectivity index (χ3v) is 2.36. The molecule has 0 radical (unpaired) electrons. The molecule has 0 saturated carbocycles. The maximum atomic E-state index is 9.93. The quantitative estimate of drug-likeness (QED) is 0.572. The third kappa shape index (κ3) is 4.91. The van der Waals surface area contributed by atoms with Crippen molar-refractivity contribution in [3.8, 4) is 11.5 Å². The number of aliphatic hydroxyl groups excluding tert-OH is 1. The van der Waals surface area contributed by atoms with E-state index >= 15 is 0 Å². The second-order valence-corrected chi connectivity index (χ2v) is 3.71. The zero-order chi connectivity index (χ0) is 13.2. The van der Waals surface area contributed by atoms with Crippen molar-refractivity contribution in [2.24, 2.45) is 0 Å². The average molecular weight is 255 g/mol. The summed E-state index contributed by atoms with van der Waals surface area (Å²) in [6.45, 7) is 4.55. The summed E-state index contributed by atoms with van der Waals surface area (Å²) in [6.07, 6.45) is 0. The van der Waals surface area contributed by atoms with E-state index in [1.54, 1.807) is 6.07 Å². The standard InChI is InChI=1S/C13H21NO4/c1-2-18-12-5-3-4-11(13(12)16)10-14-6-8-17-9-7-15/h3-5,14-16H,2,6-10H2,1H3. The molecule has 5 nitrogen and oxygen atoms in total. The highest BCUT2D eigenvalue weighted by Crippen LogP contribution is 2.29. The van der Waals surface area contributed by atoms with E-state index in [0.717, 1.165) is 5.56 Å². The molecule has 1 aromatic carbocycles. The number of phenolic OH excluding ortho intramolecular Hbond substituents is 1. The van der Waals surface area contributed by atoms with E-state index in [-0.39, 0.29) is 12.4 Å². The van der Waals surface area contributed by atoms with E-state index in [1.165, 1.54) is 0 Å². The van der Waals surface area contributed by atoms with Crippen molar-refractivity contribution in [1.82, 2.24) is 5.32 Å². The molecule has 1 aromatic rings. The van der Waals surface area contributed by atoms with Crippen molar-refractivity contribution in [1.29, 1.82) is 0 Å². The van der Waals surface area contributed by atoms with Gasteiger partial charge in [-0.2, -0.15) is 0 Å². The van der Waals surface area contributed by atoms with Gasteiger partial charge in [0.2, 0.25) is 0 Å². The zero-order valence-corrected chi connectivity index (χ0v) is 10.7. The minimum Gasteiger partial charge on any atom is -0.504 e. The number of hydrogen-bond acceptors (Lipinski definition) is 5. The Morgan fingerprint density at radius 3 is 2.83 bits per heavy atom. The summed E-state index contributed by atoms with van der Waals surface area (Å²) in [4.78, 5) is 0. The van der Waals surface area contributed by atoms with Crippen LogP contribution in [0.3, 0.4) is 0 Å². The van der Waals surface area contributed by atoms with Crippen LogP contribution in [0, 0.1) is 0 Å². The molecule has 0 aliphatic rings. The monoisotopic (exact) mass is 255 g/mol. The molecule has 0 aliphatic carbocycles. The molecule has 0 unspecified atom stereocenters. The fraction of sp³-hybridized carbons (Fsp3) is 0.538. The van der Waals surface area contributed by atoms with E-state index in [4.69, 9.17) is 14.6 Å². The van der Waals surface area contributed by atoms with Crippen LogP contribution >= 0.6 is 0 Å². The maximum absolute atomic E-state index is 9.93. The van der Waals surface area contributed by atoms with Gasteiger partial charge >= 0.3 is 0 Å². The normalized spacial score (nSPS) is 10.6. The predicted molar refractivity (Wildman–Crippen MR) is 68.9 cm³/mol. The molecule has 0 spiro atoms. The number of rotatable bonds is 9. The van der Waals surface area contributed by atoms with Crippen LogP contribution in [-0.2, 0) is 11.3 Å². The van der Waals surface area contributed by atoms with Crippen molar-refractivity contribution >= 4 is 0 Å². The molecule has 0 saturated heterocycles. The first-order valence-electron chi connectivity index (χ1n) is 6.12. The van der Waals surface area contributed by atoms with E-state index in [9.17, 15) is 5.11 Å². The Bertz CT molecular complexity index is 344. The fourth-order valence-corrected chi connectivity index (χ4v) is 1.52. The first-order chi connectivity index (χ1) is 8.79. The molecule has 0 bridgehead atoms. The van der Waals surface area contributed by atoms with Crippen LogP contribution < -0.4 is 10.1 Å². The lowest BCUT2D eigenvalue weighted by atomic mass is 10.2. The van der Waals surface area contributed by atoms with Gasteiger partial charge in [-0.1, -0.05) is 12.1 Å². The summed E-state index contributed by atoms with van der Waals surface area (Å²) < 4.78 is 10.4. The van der Waals surface area contributed by atoms with Gasteiger partial charge in [0.05, 0.1) is 26.4 Å². The number of nitrogens with one attached hydrogen (secondary N) is 1. The molecule has 5 heteroatoms. The minimum absolute atomic E-state index is 0.0389. The zero-order valence-electron chi connectivity index (χ0n) is 10.7. The van der Waals surface area contributed by atoms with Crippen molar-refractivity contribution in [3.05, 3.63) is 23.8 Å². The lowest BCUT2D eigenvalue weighted by Gasteiger charge is -2.11. The van der Waals surface area contributed by atoms with Crippen molar-refractivity contribution < 1.29 is 19.7 Å². The van der Waals surface area contributed by atoms with Crippen molar-refractivity contribution in [2.45, 2.75) is 13.5 Å². The number of aliphatic hydroxyl groups is 1. The summed E-state index contributed by atoms with van der Waals surface area (Å²) in [5.41, 5.74) is 0.795. The van der Waals surface area contributed by atoms with Crippen molar-refractivity contribution in [3.63, 3.8) is 0 Å². The van der Waals surface area contributed by atoms with Crippen molar-refractivity contribution in [2.75, 3.05) is 33.0 Å². The molecule has 0 heterocycles. The van der Waals surface area contributed by atoms with Gasteiger partial charge < -0.3 is 25.0 Å². The van der Waals surface area contributed by atoms with Gasteiger partial charge in [0, 0.05) is 18.7 Å². The van der Waals surface area contributed by atoms with Crippen LogP contribution in [0.5, 0.6) is 11.5 Å². The number of phenols is 1. The summed E-state index contributed by atoms with van der Waals surface area (Å²) in [7, 11) is 0. The highest BCUT2D eigenvalue weighted by molar-refractivity contribution is 5.45. The Hall–Kier alpha value is -1.30. The highest BCUT2D eigenvalue weighted by atomic mass is 16.5. The van der Waals surface area contributed by atoms with Gasteiger partial charge in [-0.15, -0.1) is 0 Å². The molecule has 0 aromatic heterocycles. The number of aromatic hydroxyl groups is 1. The predicted octanol–water partition coefficient (Wildman–Crippen LogP) is 0.889. The third-order valence-electron chi connectivity index (χ3n) is 2.36. The Balaban J connectivity index is 2.35. The van der Waals surface area contributed by atoms with Crippen LogP contribution in [-0.4, -0.2) is 43.2 Å². The van der Waals surface area contributed by atoms with Crippen LogP contribution in [0.25, 0.3) is 0 Å². The Morgan fingerprint density at radius 2 is 2.11 bits per heavy atom. The molecule has 102 valence electrons. The molecule has 1 rings (SSSR count). The highest BCUT2D eigenvalue weighted by Gasteiger charge is 2.06. The lowest BCUT2D eigenvalue weighted by Crippen LogP contribution is -2.20. The minimum atomic E-state index is 0.0389. The maximum Gasteiger partial charge on any atom is 0.162 e. The molecular formula is C13H21NO4.